The third kappa shape index (κ3) is 3.57. The van der Waals surface area contributed by atoms with E-state index in [9.17, 15) is 13.6 Å². The first-order chi connectivity index (χ1) is 10.1. The van der Waals surface area contributed by atoms with Crippen LogP contribution in [0, 0.1) is 11.6 Å². The molecule has 1 aromatic rings. The van der Waals surface area contributed by atoms with Crippen LogP contribution in [-0.4, -0.2) is 50.8 Å². The van der Waals surface area contributed by atoms with Gasteiger partial charge in [-0.15, -0.1) is 0 Å². The summed E-state index contributed by atoms with van der Waals surface area (Å²) in [5.41, 5.74) is 0.748. The van der Waals surface area contributed by atoms with Crippen molar-refractivity contribution >= 4 is 5.97 Å². The van der Waals surface area contributed by atoms with Gasteiger partial charge in [0.05, 0.1) is 13.7 Å². The molecule has 4 nitrogen and oxygen atoms in total. The van der Waals surface area contributed by atoms with Gasteiger partial charge in [-0.05, 0) is 36.6 Å². The summed E-state index contributed by atoms with van der Waals surface area (Å²) in [5.74, 6) is -1.96. The number of benzene rings is 1. The Kier molecular flexibility index (Phi) is 5.25. The van der Waals surface area contributed by atoms with Crippen molar-refractivity contribution < 1.29 is 23.0 Å². The van der Waals surface area contributed by atoms with Crippen molar-refractivity contribution in [2.45, 2.75) is 18.4 Å². The van der Waals surface area contributed by atoms with Crippen LogP contribution in [0.4, 0.5) is 8.78 Å². The van der Waals surface area contributed by atoms with E-state index in [-0.39, 0.29) is 18.5 Å². The smallest absolute Gasteiger partial charge is 0.325 e. The summed E-state index contributed by atoms with van der Waals surface area (Å²) >= 11 is 0. The monoisotopic (exact) mass is 299 g/mol. The van der Waals surface area contributed by atoms with E-state index in [2.05, 4.69) is 0 Å². The standard InChI is InChI=1S/C15H19F2NO3/c1-20-9-14(15(19)21-2)18-6-5-11(8-18)10-3-4-12(16)13(17)7-10/h3-4,7,11,14H,5-6,8-9H2,1-2H3/t11-,14?/m0/s1. The second-order valence-electron chi connectivity index (χ2n) is 5.15. The van der Waals surface area contributed by atoms with Crippen LogP contribution in [0.2, 0.25) is 0 Å². The number of methoxy groups -OCH3 is 2. The summed E-state index contributed by atoms with van der Waals surface area (Å²) in [7, 11) is 2.87. The maximum absolute atomic E-state index is 13.3. The van der Waals surface area contributed by atoms with E-state index in [0.29, 0.717) is 13.1 Å². The molecule has 0 bridgehead atoms. The van der Waals surface area contributed by atoms with Crippen LogP contribution in [0.1, 0.15) is 17.9 Å². The Morgan fingerprint density at radius 3 is 2.76 bits per heavy atom. The summed E-state index contributed by atoms with van der Waals surface area (Å²) in [4.78, 5) is 13.7. The van der Waals surface area contributed by atoms with Crippen LogP contribution in [-0.2, 0) is 14.3 Å². The van der Waals surface area contributed by atoms with E-state index < -0.39 is 17.7 Å². The first kappa shape index (κ1) is 15.9. The molecule has 1 heterocycles. The van der Waals surface area contributed by atoms with E-state index in [1.807, 2.05) is 4.90 Å². The van der Waals surface area contributed by atoms with Crippen LogP contribution in [0.5, 0.6) is 0 Å². The molecule has 0 radical (unpaired) electrons. The van der Waals surface area contributed by atoms with E-state index in [0.717, 1.165) is 18.1 Å². The Hall–Kier alpha value is -1.53. The lowest BCUT2D eigenvalue weighted by molar-refractivity contribution is -0.148. The van der Waals surface area contributed by atoms with Crippen LogP contribution < -0.4 is 0 Å². The Balaban J connectivity index is 2.07. The number of rotatable bonds is 5. The molecule has 116 valence electrons. The van der Waals surface area contributed by atoms with Crippen molar-refractivity contribution in [2.24, 2.45) is 0 Å². The lowest BCUT2D eigenvalue weighted by Gasteiger charge is -2.24. The summed E-state index contributed by atoms with van der Waals surface area (Å²) in [6.45, 7) is 1.53. The zero-order valence-electron chi connectivity index (χ0n) is 12.1. The molecule has 2 rings (SSSR count). The number of carbonyl (C=O) groups excluding carboxylic acids is 1. The minimum Gasteiger partial charge on any atom is -0.468 e. The predicted octanol–water partition coefficient (Wildman–Crippen LogP) is 1.94. The van der Waals surface area contributed by atoms with Gasteiger partial charge in [-0.2, -0.15) is 0 Å². The molecule has 21 heavy (non-hydrogen) atoms. The first-order valence-electron chi connectivity index (χ1n) is 6.82. The molecule has 1 aliphatic heterocycles. The average Bonchev–Trinajstić information content (AvgIpc) is 2.96. The van der Waals surface area contributed by atoms with Crippen molar-refractivity contribution in [1.82, 2.24) is 4.90 Å². The lowest BCUT2D eigenvalue weighted by Crippen LogP contribution is -2.43. The van der Waals surface area contributed by atoms with E-state index in [4.69, 9.17) is 9.47 Å². The van der Waals surface area contributed by atoms with Crippen LogP contribution in [0.25, 0.3) is 0 Å². The number of ether oxygens (including phenoxy) is 2. The highest BCUT2D eigenvalue weighted by molar-refractivity contribution is 5.75. The minimum atomic E-state index is -0.847. The third-order valence-corrected chi connectivity index (χ3v) is 3.87. The number of hydrogen-bond acceptors (Lipinski definition) is 4. The van der Waals surface area contributed by atoms with Gasteiger partial charge in [-0.1, -0.05) is 6.07 Å². The number of likely N-dealkylation sites (tertiary alicyclic amines) is 1. The molecule has 0 spiro atoms. The summed E-state index contributed by atoms with van der Waals surface area (Å²) < 4.78 is 36.1. The Morgan fingerprint density at radius 2 is 2.14 bits per heavy atom. The summed E-state index contributed by atoms with van der Waals surface area (Å²) in [6, 6.07) is 3.50. The lowest BCUT2D eigenvalue weighted by atomic mass is 9.98. The maximum atomic E-state index is 13.3. The number of hydrogen-bond donors (Lipinski definition) is 0. The van der Waals surface area contributed by atoms with Gasteiger partial charge in [-0.25, -0.2) is 8.78 Å². The zero-order valence-corrected chi connectivity index (χ0v) is 12.1. The van der Waals surface area contributed by atoms with Gasteiger partial charge in [0, 0.05) is 13.7 Å². The molecule has 0 N–H and O–H groups in total. The SMILES string of the molecule is COCC(C(=O)OC)N1CC[C@H](c2ccc(F)c(F)c2)C1. The van der Waals surface area contributed by atoms with Gasteiger partial charge in [0.2, 0.25) is 0 Å². The topological polar surface area (TPSA) is 38.8 Å². The highest BCUT2D eigenvalue weighted by Gasteiger charge is 2.33. The molecule has 0 aliphatic carbocycles. The highest BCUT2D eigenvalue weighted by Crippen LogP contribution is 2.29. The molecule has 1 aliphatic rings. The van der Waals surface area contributed by atoms with Crippen molar-refractivity contribution in [1.29, 1.82) is 0 Å². The van der Waals surface area contributed by atoms with Gasteiger partial charge in [-0.3, -0.25) is 9.69 Å². The fourth-order valence-corrected chi connectivity index (χ4v) is 2.73. The zero-order chi connectivity index (χ0) is 15.4. The first-order valence-corrected chi connectivity index (χ1v) is 6.82. The van der Waals surface area contributed by atoms with Crippen molar-refractivity contribution in [3.05, 3.63) is 35.4 Å². The summed E-state index contributed by atoms with van der Waals surface area (Å²) in [6.07, 6.45) is 0.780. The molecule has 0 saturated carbocycles. The highest BCUT2D eigenvalue weighted by atomic mass is 19.2. The second-order valence-corrected chi connectivity index (χ2v) is 5.15. The van der Waals surface area contributed by atoms with Gasteiger partial charge in [0.15, 0.2) is 11.6 Å². The predicted molar refractivity (Wildman–Crippen MR) is 73.0 cm³/mol. The van der Waals surface area contributed by atoms with E-state index in [1.165, 1.54) is 20.3 Å². The molecule has 1 unspecified atom stereocenters. The van der Waals surface area contributed by atoms with Gasteiger partial charge in [0.1, 0.15) is 6.04 Å². The van der Waals surface area contributed by atoms with Crippen LogP contribution in [0.15, 0.2) is 18.2 Å². The van der Waals surface area contributed by atoms with Crippen molar-refractivity contribution in [3.63, 3.8) is 0 Å². The van der Waals surface area contributed by atoms with Crippen LogP contribution in [0.3, 0.4) is 0 Å². The Bertz CT molecular complexity index is 510. The summed E-state index contributed by atoms with van der Waals surface area (Å²) in [5, 5.41) is 0. The van der Waals surface area contributed by atoms with E-state index in [1.54, 1.807) is 6.07 Å². The molecule has 1 saturated heterocycles. The second kappa shape index (κ2) is 6.95. The quantitative estimate of drug-likeness (QED) is 0.779. The normalized spacial score (nSPS) is 20.5. The fourth-order valence-electron chi connectivity index (χ4n) is 2.73. The number of halogens is 2. The van der Waals surface area contributed by atoms with Gasteiger partial charge in [0.25, 0.3) is 0 Å². The number of nitrogens with zero attached hydrogens (tertiary/aromatic N) is 1. The minimum absolute atomic E-state index is 0.0733. The van der Waals surface area contributed by atoms with Crippen molar-refractivity contribution in [3.8, 4) is 0 Å². The Morgan fingerprint density at radius 1 is 1.38 bits per heavy atom. The molecular weight excluding hydrogens is 280 g/mol. The largest absolute Gasteiger partial charge is 0.468 e. The van der Waals surface area contributed by atoms with Crippen LogP contribution >= 0.6 is 0 Å². The van der Waals surface area contributed by atoms with E-state index >= 15 is 0 Å². The van der Waals surface area contributed by atoms with Gasteiger partial charge >= 0.3 is 5.97 Å². The molecular formula is C15H19F2NO3. The van der Waals surface area contributed by atoms with Crippen molar-refractivity contribution in [2.75, 3.05) is 33.9 Å². The maximum Gasteiger partial charge on any atom is 0.325 e. The molecule has 2 atom stereocenters. The molecule has 0 amide bonds. The fraction of sp³-hybridized carbons (Fsp3) is 0.533. The molecule has 1 fully saturated rings. The average molecular weight is 299 g/mol. The molecule has 1 aromatic carbocycles. The molecule has 0 aromatic heterocycles. The van der Waals surface area contributed by atoms with Gasteiger partial charge < -0.3 is 9.47 Å². The number of carbonyl (C=O) groups is 1. The third-order valence-electron chi connectivity index (χ3n) is 3.87. The molecule has 6 heteroatoms. The Labute approximate surface area is 122 Å². The number of esters is 1.